The molecule has 0 saturated heterocycles. The largest absolute Gasteiger partial charge is 0.289 e. The van der Waals surface area contributed by atoms with E-state index >= 15 is 0 Å². The lowest BCUT2D eigenvalue weighted by Crippen LogP contribution is -1.99. The topological polar surface area (TPSA) is 102 Å². The predicted molar refractivity (Wildman–Crippen MR) is 271 cm³/mol. The zero-order valence-electron chi connectivity index (χ0n) is 34.8. The fourth-order valence-corrected chi connectivity index (χ4v) is 10.9. The van der Waals surface area contributed by atoms with E-state index < -0.39 is 0 Å². The van der Waals surface area contributed by atoms with Crippen molar-refractivity contribution in [2.45, 2.75) is 0 Å². The van der Waals surface area contributed by atoms with Crippen LogP contribution in [0.5, 0.6) is 0 Å². The first kappa shape index (κ1) is 37.5. The van der Waals surface area contributed by atoms with Gasteiger partial charge in [-0.3, -0.25) is 28.8 Å². The van der Waals surface area contributed by atoms with E-state index in [0.717, 1.165) is 70.7 Å². The minimum atomic E-state index is -0.118. The molecule has 0 unspecified atom stereocenters. The Morgan fingerprint density at radius 3 is 0.742 bits per heavy atom. The van der Waals surface area contributed by atoms with Crippen molar-refractivity contribution in [3.8, 4) is 11.1 Å². The normalized spacial score (nSPS) is 12.3. The van der Waals surface area contributed by atoms with Gasteiger partial charge in [0, 0.05) is 81.1 Å². The number of ketones is 1. The molecule has 0 aromatic heterocycles. The number of rotatable bonds is 0. The average Bonchev–Trinajstić information content (AvgIpc) is 4.16. The van der Waals surface area contributed by atoms with Crippen molar-refractivity contribution < 1.29 is 4.79 Å². The summed E-state index contributed by atoms with van der Waals surface area (Å²) in [6, 6.07) is 56.7. The first-order valence-electron chi connectivity index (χ1n) is 21.7. The lowest BCUT2D eigenvalue weighted by Gasteiger charge is -2.01. The van der Waals surface area contributed by atoms with Crippen LogP contribution in [0.4, 0.5) is 0 Å². The molecule has 0 bridgehead atoms. The van der Waals surface area contributed by atoms with Crippen LogP contribution in [0.15, 0.2) is 206 Å². The first-order valence-corrected chi connectivity index (χ1v) is 21.7. The molecule has 0 spiro atoms. The van der Waals surface area contributed by atoms with Crippen LogP contribution in [0.25, 0.3) is 119 Å². The van der Waals surface area contributed by atoms with E-state index in [2.05, 4.69) is 0 Å². The van der Waals surface area contributed by atoms with Gasteiger partial charge in [0.05, 0.1) is 0 Å². The monoisotopic (exact) mass is 846 g/mol. The van der Waals surface area contributed by atoms with Gasteiger partial charge in [-0.15, -0.1) is 0 Å². The number of hydrogen-bond donors (Lipinski definition) is 0. The molecule has 0 amide bonds. The highest BCUT2D eigenvalue weighted by molar-refractivity contribution is 6.42. The van der Waals surface area contributed by atoms with Crippen LogP contribution >= 0.6 is 0 Å². The van der Waals surface area contributed by atoms with Gasteiger partial charge in [0.15, 0.2) is 32.9 Å². The molecule has 306 valence electrons. The quantitative estimate of drug-likeness (QED) is 0.151. The molecule has 1 aliphatic rings. The van der Waals surface area contributed by atoms with Gasteiger partial charge < -0.3 is 0 Å². The van der Waals surface area contributed by atoms with E-state index in [0.29, 0.717) is 59.2 Å². The minimum Gasteiger partial charge on any atom is -0.289 e. The van der Waals surface area contributed by atoms with E-state index in [9.17, 15) is 28.8 Å². The fraction of sp³-hybridized carbons (Fsp3) is 0. The predicted octanol–water partition coefficient (Wildman–Crippen LogP) is 11.8. The maximum Gasteiger partial charge on any atom is 0.194 e. The Balaban J connectivity index is 0.000000106. The molecule has 0 heterocycles. The summed E-state index contributed by atoms with van der Waals surface area (Å²) >= 11 is 0. The molecule has 15 rings (SSSR count). The van der Waals surface area contributed by atoms with Gasteiger partial charge >= 0.3 is 0 Å². The molecule has 14 aromatic carbocycles. The van der Waals surface area contributed by atoms with E-state index in [1.54, 1.807) is 18.2 Å². The van der Waals surface area contributed by atoms with Gasteiger partial charge in [-0.05, 0) is 61.0 Å². The third-order valence-corrected chi connectivity index (χ3v) is 13.7. The molecule has 14 aromatic rings. The number of carbonyl (C=O) groups excluding carboxylic acids is 1. The molecule has 6 heteroatoms. The molecule has 0 atom stereocenters. The number of hydrogen-bond acceptors (Lipinski definition) is 6. The molecule has 0 N–H and O–H groups in total. The summed E-state index contributed by atoms with van der Waals surface area (Å²) in [6.07, 6.45) is 0. The summed E-state index contributed by atoms with van der Waals surface area (Å²) in [7, 11) is 0. The molecular formula is C60H30O6. The maximum atomic E-state index is 13.5. The van der Waals surface area contributed by atoms with Crippen molar-refractivity contribution >= 4 is 114 Å². The van der Waals surface area contributed by atoms with Crippen LogP contribution < -0.4 is 27.1 Å². The second-order valence-corrected chi connectivity index (χ2v) is 17.0. The lowest BCUT2D eigenvalue weighted by atomic mass is 9.99. The average molecular weight is 847 g/mol. The Hall–Kier alpha value is -9.00. The highest BCUT2D eigenvalue weighted by Crippen LogP contribution is 2.43. The van der Waals surface area contributed by atoms with Gasteiger partial charge in [0.25, 0.3) is 0 Å². The maximum absolute atomic E-state index is 13.5. The van der Waals surface area contributed by atoms with E-state index in [-0.39, 0.29) is 32.9 Å². The van der Waals surface area contributed by atoms with Crippen LogP contribution in [0, 0.1) is 0 Å². The summed E-state index contributed by atoms with van der Waals surface area (Å²) < 4.78 is 0. The Morgan fingerprint density at radius 2 is 0.424 bits per heavy atom. The highest BCUT2D eigenvalue weighted by atomic mass is 16.1. The number of benzene rings is 9. The molecule has 0 aliphatic heterocycles. The molecule has 6 nitrogen and oxygen atoms in total. The SMILES string of the molecule is O=C1c2ccccc2-c2ccccc21.O=c1c2ccccc2c2c1c1c3ccccc3c(=O)c1c1c3ccccc3c(=O)c21.O=c1c2ccccc2c2cc3c(=O)c4ccccc4c3cc12. The van der Waals surface area contributed by atoms with Crippen LogP contribution in [0.3, 0.4) is 0 Å². The summed E-state index contributed by atoms with van der Waals surface area (Å²) in [5, 5.41) is 14.0. The summed E-state index contributed by atoms with van der Waals surface area (Å²) in [5.74, 6) is 0.149. The smallest absolute Gasteiger partial charge is 0.194 e. The van der Waals surface area contributed by atoms with Crippen molar-refractivity contribution in [3.63, 3.8) is 0 Å². The molecular weight excluding hydrogens is 817 g/mol. The summed E-state index contributed by atoms with van der Waals surface area (Å²) in [4.78, 5) is 77.6. The number of carbonyl (C=O) groups is 1. The van der Waals surface area contributed by atoms with Gasteiger partial charge in [-0.25, -0.2) is 0 Å². The van der Waals surface area contributed by atoms with E-state index in [1.807, 2.05) is 164 Å². The van der Waals surface area contributed by atoms with Crippen LogP contribution in [-0.2, 0) is 0 Å². The zero-order chi connectivity index (χ0) is 44.5. The summed E-state index contributed by atoms with van der Waals surface area (Å²) in [6.45, 7) is 0. The fourth-order valence-electron chi connectivity index (χ4n) is 10.9. The standard InChI is InChI=1S/C27H12O3.C20H10O2.C13H8O/c28-25-16-10-4-1-7-13(16)19-22(25)20-15-9-3-6-12-18(15)27(30)24(20)21-14-8-2-5-11-17(14)26(29)23(19)21;21-19-13-7-3-1-5-11(13)15-9-18-16(10-17(15)19)12-6-2-4-8-14(12)20(18)22;14-13-11-7-3-1-5-9(11)10-6-2-4-8-12(10)13/h1-12H;1-10H;1-8H. The second-order valence-electron chi connectivity index (χ2n) is 17.0. The van der Waals surface area contributed by atoms with Crippen molar-refractivity contribution in [1.29, 1.82) is 0 Å². The minimum absolute atomic E-state index is 0.0465. The Kier molecular flexibility index (Phi) is 7.82. The Morgan fingerprint density at radius 1 is 0.182 bits per heavy atom. The van der Waals surface area contributed by atoms with E-state index in [4.69, 9.17) is 0 Å². The molecule has 0 fully saturated rings. The van der Waals surface area contributed by atoms with Crippen LogP contribution in [-0.4, -0.2) is 5.78 Å². The highest BCUT2D eigenvalue weighted by Gasteiger charge is 2.27. The molecule has 0 saturated carbocycles. The van der Waals surface area contributed by atoms with Crippen molar-refractivity contribution in [1.82, 2.24) is 0 Å². The van der Waals surface area contributed by atoms with Crippen molar-refractivity contribution in [2.75, 3.05) is 0 Å². The lowest BCUT2D eigenvalue weighted by molar-refractivity contribution is 0.104. The van der Waals surface area contributed by atoms with Crippen LogP contribution in [0.1, 0.15) is 15.9 Å². The summed E-state index contributed by atoms with van der Waals surface area (Å²) in [5.41, 5.74) is 3.52. The molecule has 66 heavy (non-hydrogen) atoms. The van der Waals surface area contributed by atoms with E-state index in [1.165, 1.54) is 0 Å². The van der Waals surface area contributed by atoms with Crippen molar-refractivity contribution in [3.05, 3.63) is 244 Å². The molecule has 1 aliphatic carbocycles. The van der Waals surface area contributed by atoms with Gasteiger partial charge in [-0.1, -0.05) is 170 Å². The van der Waals surface area contributed by atoms with Gasteiger partial charge in [-0.2, -0.15) is 0 Å². The second kappa shape index (κ2) is 13.7. The van der Waals surface area contributed by atoms with Gasteiger partial charge in [0.1, 0.15) is 0 Å². The Bertz CT molecular complexity index is 4300. The number of fused-ring (bicyclic) bond motifs is 21. The first-order chi connectivity index (χ1) is 32.3. The molecule has 0 radical (unpaired) electrons. The van der Waals surface area contributed by atoms with Crippen LogP contribution in [0.2, 0.25) is 0 Å². The zero-order valence-corrected chi connectivity index (χ0v) is 34.8. The van der Waals surface area contributed by atoms with Crippen molar-refractivity contribution in [2.24, 2.45) is 0 Å². The Labute approximate surface area is 372 Å². The third kappa shape index (κ3) is 4.95. The van der Waals surface area contributed by atoms with Gasteiger partial charge in [0.2, 0.25) is 0 Å². The third-order valence-electron chi connectivity index (χ3n) is 13.7.